The molecule has 2 atom stereocenters. The van der Waals surface area contributed by atoms with E-state index < -0.39 is 0 Å². The molecule has 0 spiro atoms. The first-order valence-corrected chi connectivity index (χ1v) is 6.19. The Hall–Kier alpha value is -0.860. The molecule has 88 valence electrons. The summed E-state index contributed by atoms with van der Waals surface area (Å²) in [5.74, 6) is 1.19. The summed E-state index contributed by atoms with van der Waals surface area (Å²) in [6.45, 7) is 5.34. The molecule has 2 heteroatoms. The Morgan fingerprint density at radius 3 is 2.94 bits per heavy atom. The minimum Gasteiger partial charge on any atom is -0.330 e. The summed E-state index contributed by atoms with van der Waals surface area (Å²) in [6.07, 6.45) is 1.29. The molecule has 0 saturated carbocycles. The third-order valence-electron chi connectivity index (χ3n) is 3.70. The Kier molecular flexibility index (Phi) is 3.62. The van der Waals surface area contributed by atoms with Crippen molar-refractivity contribution in [1.29, 1.82) is 0 Å². The van der Waals surface area contributed by atoms with Crippen molar-refractivity contribution >= 4 is 0 Å². The molecule has 0 radical (unpaired) electrons. The number of rotatable bonds is 3. The van der Waals surface area contributed by atoms with Crippen molar-refractivity contribution in [2.24, 2.45) is 5.73 Å². The lowest BCUT2D eigenvalue weighted by Crippen LogP contribution is -2.13. The van der Waals surface area contributed by atoms with E-state index in [-0.39, 0.29) is 0 Å². The van der Waals surface area contributed by atoms with Gasteiger partial charge in [0.2, 0.25) is 0 Å². The van der Waals surface area contributed by atoms with Gasteiger partial charge in [-0.1, -0.05) is 31.2 Å². The summed E-state index contributed by atoms with van der Waals surface area (Å²) in [4.78, 5) is 2.41. The van der Waals surface area contributed by atoms with Gasteiger partial charge < -0.3 is 10.6 Å². The van der Waals surface area contributed by atoms with E-state index in [4.69, 9.17) is 5.73 Å². The van der Waals surface area contributed by atoms with Crippen LogP contribution in [-0.4, -0.2) is 31.6 Å². The van der Waals surface area contributed by atoms with Gasteiger partial charge in [0.25, 0.3) is 0 Å². The fourth-order valence-corrected chi connectivity index (χ4v) is 2.46. The van der Waals surface area contributed by atoms with Crippen LogP contribution in [0.25, 0.3) is 0 Å². The van der Waals surface area contributed by atoms with Gasteiger partial charge in [-0.2, -0.15) is 0 Å². The maximum atomic E-state index is 5.72. The summed E-state index contributed by atoms with van der Waals surface area (Å²) in [6, 6.07) is 8.98. The maximum absolute atomic E-state index is 5.72. The van der Waals surface area contributed by atoms with Crippen LogP contribution in [-0.2, 0) is 0 Å². The molecule has 2 unspecified atom stereocenters. The molecule has 1 aromatic carbocycles. The highest BCUT2D eigenvalue weighted by molar-refractivity contribution is 5.29. The van der Waals surface area contributed by atoms with Crippen molar-refractivity contribution in [1.82, 2.24) is 4.90 Å². The molecule has 1 saturated heterocycles. The minimum absolute atomic E-state index is 0.471. The van der Waals surface area contributed by atoms with Gasteiger partial charge in [0.05, 0.1) is 0 Å². The molecular formula is C14H22N2. The number of likely N-dealkylation sites (N-methyl/N-ethyl adjacent to an activating group) is 1. The van der Waals surface area contributed by atoms with Crippen molar-refractivity contribution in [2.45, 2.75) is 25.2 Å². The average Bonchev–Trinajstić information content (AvgIpc) is 2.75. The highest BCUT2D eigenvalue weighted by Crippen LogP contribution is 2.28. The van der Waals surface area contributed by atoms with Crippen LogP contribution < -0.4 is 5.73 Å². The zero-order chi connectivity index (χ0) is 11.5. The minimum atomic E-state index is 0.471. The second kappa shape index (κ2) is 4.98. The van der Waals surface area contributed by atoms with Crippen molar-refractivity contribution in [3.8, 4) is 0 Å². The molecular weight excluding hydrogens is 196 g/mol. The topological polar surface area (TPSA) is 29.3 Å². The zero-order valence-electron chi connectivity index (χ0n) is 10.3. The number of hydrogen-bond acceptors (Lipinski definition) is 2. The summed E-state index contributed by atoms with van der Waals surface area (Å²) in [7, 11) is 2.20. The first-order valence-electron chi connectivity index (χ1n) is 6.19. The molecule has 1 aliphatic rings. The zero-order valence-corrected chi connectivity index (χ0v) is 10.3. The van der Waals surface area contributed by atoms with Gasteiger partial charge in [-0.15, -0.1) is 0 Å². The van der Waals surface area contributed by atoms with E-state index in [1.54, 1.807) is 0 Å². The molecule has 0 bridgehead atoms. The van der Waals surface area contributed by atoms with E-state index >= 15 is 0 Å². The second-order valence-corrected chi connectivity index (χ2v) is 5.05. The van der Waals surface area contributed by atoms with Crippen LogP contribution in [0.1, 0.15) is 36.3 Å². The summed E-state index contributed by atoms with van der Waals surface area (Å²) >= 11 is 0. The summed E-state index contributed by atoms with van der Waals surface area (Å²) in [5, 5.41) is 0. The molecule has 1 aromatic rings. The van der Waals surface area contributed by atoms with Gasteiger partial charge in [0.15, 0.2) is 0 Å². The standard InChI is InChI=1S/C14H22N2/c1-11(9-15)12-4-3-5-13(8-12)14-6-7-16(2)10-14/h3-5,8,11,14H,6-7,9-10,15H2,1-2H3. The number of likely N-dealkylation sites (tertiary alicyclic amines) is 1. The second-order valence-electron chi connectivity index (χ2n) is 5.05. The monoisotopic (exact) mass is 218 g/mol. The van der Waals surface area contributed by atoms with Gasteiger partial charge in [-0.25, -0.2) is 0 Å². The Labute approximate surface area is 98.4 Å². The molecule has 1 aliphatic heterocycles. The molecule has 1 fully saturated rings. The van der Waals surface area contributed by atoms with Crippen molar-refractivity contribution in [2.75, 3.05) is 26.7 Å². The first-order chi connectivity index (χ1) is 7.70. The summed E-state index contributed by atoms with van der Waals surface area (Å²) < 4.78 is 0. The molecule has 0 aliphatic carbocycles. The van der Waals surface area contributed by atoms with Gasteiger partial charge in [-0.05, 0) is 49.5 Å². The van der Waals surface area contributed by atoms with Crippen LogP contribution in [0.4, 0.5) is 0 Å². The van der Waals surface area contributed by atoms with Crippen LogP contribution in [0.5, 0.6) is 0 Å². The van der Waals surface area contributed by atoms with Gasteiger partial charge in [-0.3, -0.25) is 0 Å². The lowest BCUT2D eigenvalue weighted by molar-refractivity contribution is 0.411. The molecule has 2 N–H and O–H groups in total. The molecule has 16 heavy (non-hydrogen) atoms. The van der Waals surface area contributed by atoms with E-state index in [1.807, 2.05) is 0 Å². The highest BCUT2D eigenvalue weighted by atomic mass is 15.1. The smallest absolute Gasteiger partial charge is 0.00477 e. The first kappa shape index (κ1) is 11.6. The van der Waals surface area contributed by atoms with Gasteiger partial charge in [0, 0.05) is 6.54 Å². The largest absolute Gasteiger partial charge is 0.330 e. The number of nitrogens with two attached hydrogens (primary N) is 1. The van der Waals surface area contributed by atoms with Crippen LogP contribution in [0.15, 0.2) is 24.3 Å². The van der Waals surface area contributed by atoms with Gasteiger partial charge >= 0.3 is 0 Å². The van der Waals surface area contributed by atoms with Gasteiger partial charge in [0.1, 0.15) is 0 Å². The Bertz CT molecular complexity index is 348. The molecule has 2 nitrogen and oxygen atoms in total. The fraction of sp³-hybridized carbons (Fsp3) is 0.571. The fourth-order valence-electron chi connectivity index (χ4n) is 2.46. The normalized spacial score (nSPS) is 23.6. The summed E-state index contributed by atoms with van der Waals surface area (Å²) in [5.41, 5.74) is 8.59. The van der Waals surface area contributed by atoms with E-state index in [2.05, 4.69) is 43.1 Å². The quantitative estimate of drug-likeness (QED) is 0.842. The van der Waals surface area contributed by atoms with E-state index in [1.165, 1.54) is 30.6 Å². The molecule has 1 heterocycles. The maximum Gasteiger partial charge on any atom is 0.00477 e. The Balaban J connectivity index is 2.16. The number of hydrogen-bond donors (Lipinski definition) is 1. The lowest BCUT2D eigenvalue weighted by Gasteiger charge is -2.14. The van der Waals surface area contributed by atoms with E-state index in [0.29, 0.717) is 5.92 Å². The predicted octanol–water partition coefficient (Wildman–Crippen LogP) is 2.17. The van der Waals surface area contributed by atoms with Crippen LogP contribution in [0.2, 0.25) is 0 Å². The van der Waals surface area contributed by atoms with Crippen molar-refractivity contribution < 1.29 is 0 Å². The SMILES string of the molecule is CC(CN)c1cccc(C2CCN(C)C2)c1. The van der Waals surface area contributed by atoms with Crippen LogP contribution in [0, 0.1) is 0 Å². The van der Waals surface area contributed by atoms with E-state index in [9.17, 15) is 0 Å². The van der Waals surface area contributed by atoms with Crippen molar-refractivity contribution in [3.63, 3.8) is 0 Å². The average molecular weight is 218 g/mol. The third kappa shape index (κ3) is 2.45. The Morgan fingerprint density at radius 2 is 2.31 bits per heavy atom. The molecule has 2 rings (SSSR count). The highest BCUT2D eigenvalue weighted by Gasteiger charge is 2.21. The molecule has 0 amide bonds. The van der Waals surface area contributed by atoms with Crippen molar-refractivity contribution in [3.05, 3.63) is 35.4 Å². The van der Waals surface area contributed by atoms with E-state index in [0.717, 1.165) is 12.5 Å². The lowest BCUT2D eigenvalue weighted by atomic mass is 9.93. The Morgan fingerprint density at radius 1 is 1.50 bits per heavy atom. The predicted molar refractivity (Wildman–Crippen MR) is 68.8 cm³/mol. The number of nitrogens with zero attached hydrogens (tertiary/aromatic N) is 1. The third-order valence-corrected chi connectivity index (χ3v) is 3.70. The number of benzene rings is 1. The van der Waals surface area contributed by atoms with Crippen LogP contribution in [0.3, 0.4) is 0 Å². The molecule has 0 aromatic heterocycles. The van der Waals surface area contributed by atoms with Crippen LogP contribution >= 0.6 is 0 Å².